The van der Waals surface area contributed by atoms with Crippen LogP contribution in [0.25, 0.3) is 0 Å². The Morgan fingerprint density at radius 3 is 2.57 bits per heavy atom. The first-order valence-corrected chi connectivity index (χ1v) is 6.76. The highest BCUT2D eigenvalue weighted by Crippen LogP contribution is 2.13. The smallest absolute Gasteiger partial charge is 0.320 e. The molecule has 21 heavy (non-hydrogen) atoms. The van der Waals surface area contributed by atoms with Crippen LogP contribution < -0.4 is 10.6 Å². The molecule has 6 nitrogen and oxygen atoms in total. The summed E-state index contributed by atoms with van der Waals surface area (Å²) in [5.74, 6) is 0.606. The molecule has 1 atom stereocenters. The third-order valence-electron chi connectivity index (χ3n) is 3.16. The lowest BCUT2D eigenvalue weighted by atomic mass is 10.1. The third kappa shape index (κ3) is 4.06. The second-order valence-corrected chi connectivity index (χ2v) is 5.06. The van der Waals surface area contributed by atoms with Gasteiger partial charge < -0.3 is 10.4 Å². The fraction of sp³-hybridized carbons (Fsp3) is 0.333. The standard InChI is InChI=1S/C15H20N4O2/c1-10-4-6-12(7-5-10)13(20)9-16-15(21)17-14-8-11(2)18-19(14)3/h4-8,13,20H,9H2,1-3H3,(H2,16,17,21)/t13-/m0/s1. The predicted octanol–water partition coefficient (Wildman–Crippen LogP) is 1.89. The minimum atomic E-state index is -0.732. The van der Waals surface area contributed by atoms with E-state index in [2.05, 4.69) is 15.7 Å². The van der Waals surface area contributed by atoms with Gasteiger partial charge in [-0.05, 0) is 19.4 Å². The Morgan fingerprint density at radius 1 is 1.33 bits per heavy atom. The molecule has 2 aromatic rings. The molecule has 2 amide bonds. The molecule has 0 saturated carbocycles. The number of carbonyl (C=O) groups is 1. The molecule has 0 fully saturated rings. The number of benzene rings is 1. The molecule has 0 spiro atoms. The fourth-order valence-electron chi connectivity index (χ4n) is 1.98. The maximum Gasteiger partial charge on any atom is 0.320 e. The van der Waals surface area contributed by atoms with Crippen LogP contribution in [0, 0.1) is 13.8 Å². The van der Waals surface area contributed by atoms with Crippen molar-refractivity contribution < 1.29 is 9.90 Å². The Balaban J connectivity index is 1.86. The number of nitrogens with zero attached hydrogens (tertiary/aromatic N) is 2. The molecule has 0 unspecified atom stereocenters. The molecular weight excluding hydrogens is 268 g/mol. The Bertz CT molecular complexity index is 619. The zero-order chi connectivity index (χ0) is 15.4. The number of hydrogen-bond acceptors (Lipinski definition) is 3. The number of nitrogens with one attached hydrogen (secondary N) is 2. The fourth-order valence-corrected chi connectivity index (χ4v) is 1.98. The van der Waals surface area contributed by atoms with Gasteiger partial charge in [0.25, 0.3) is 0 Å². The number of aromatic nitrogens is 2. The number of urea groups is 1. The van der Waals surface area contributed by atoms with Gasteiger partial charge in [0, 0.05) is 19.7 Å². The van der Waals surface area contributed by atoms with Crippen molar-refractivity contribution in [2.24, 2.45) is 7.05 Å². The van der Waals surface area contributed by atoms with Crippen LogP contribution in [0.3, 0.4) is 0 Å². The second kappa shape index (κ2) is 6.41. The van der Waals surface area contributed by atoms with E-state index in [4.69, 9.17) is 0 Å². The van der Waals surface area contributed by atoms with Gasteiger partial charge in [0.15, 0.2) is 0 Å². The summed E-state index contributed by atoms with van der Waals surface area (Å²) in [5.41, 5.74) is 2.73. The second-order valence-electron chi connectivity index (χ2n) is 5.06. The summed E-state index contributed by atoms with van der Waals surface area (Å²) in [5, 5.41) is 19.5. The molecule has 0 radical (unpaired) electrons. The molecule has 1 aromatic carbocycles. The number of rotatable bonds is 4. The van der Waals surface area contributed by atoms with E-state index in [-0.39, 0.29) is 12.6 Å². The molecule has 2 rings (SSSR count). The van der Waals surface area contributed by atoms with Crippen molar-refractivity contribution in [3.8, 4) is 0 Å². The molecule has 0 aliphatic heterocycles. The maximum atomic E-state index is 11.8. The number of amides is 2. The average Bonchev–Trinajstić information content (AvgIpc) is 2.75. The SMILES string of the molecule is Cc1ccc([C@@H](O)CNC(=O)Nc2cc(C)nn2C)cc1. The summed E-state index contributed by atoms with van der Waals surface area (Å²) in [4.78, 5) is 11.8. The molecule has 0 aliphatic rings. The van der Waals surface area contributed by atoms with E-state index in [9.17, 15) is 9.90 Å². The van der Waals surface area contributed by atoms with Gasteiger partial charge in [0.2, 0.25) is 0 Å². The van der Waals surface area contributed by atoms with Crippen molar-refractivity contribution in [3.05, 3.63) is 47.2 Å². The minimum absolute atomic E-state index is 0.145. The molecule has 1 aromatic heterocycles. The third-order valence-corrected chi connectivity index (χ3v) is 3.16. The van der Waals surface area contributed by atoms with E-state index >= 15 is 0 Å². The summed E-state index contributed by atoms with van der Waals surface area (Å²) in [6.07, 6.45) is -0.732. The topological polar surface area (TPSA) is 79.2 Å². The normalized spacial score (nSPS) is 12.0. The monoisotopic (exact) mass is 288 g/mol. The highest BCUT2D eigenvalue weighted by Gasteiger charge is 2.10. The van der Waals surface area contributed by atoms with E-state index in [1.165, 1.54) is 0 Å². The number of carbonyl (C=O) groups excluding carboxylic acids is 1. The van der Waals surface area contributed by atoms with Crippen molar-refractivity contribution in [1.82, 2.24) is 15.1 Å². The highest BCUT2D eigenvalue weighted by atomic mass is 16.3. The summed E-state index contributed by atoms with van der Waals surface area (Å²) in [7, 11) is 1.75. The molecule has 1 heterocycles. The van der Waals surface area contributed by atoms with Gasteiger partial charge >= 0.3 is 6.03 Å². The van der Waals surface area contributed by atoms with Crippen LogP contribution in [0.15, 0.2) is 30.3 Å². The van der Waals surface area contributed by atoms with E-state index in [0.717, 1.165) is 16.8 Å². The van der Waals surface area contributed by atoms with Crippen LogP contribution in [0.5, 0.6) is 0 Å². The zero-order valence-corrected chi connectivity index (χ0v) is 12.4. The summed E-state index contributed by atoms with van der Waals surface area (Å²) >= 11 is 0. The minimum Gasteiger partial charge on any atom is -0.387 e. The highest BCUT2D eigenvalue weighted by molar-refractivity contribution is 5.88. The van der Waals surface area contributed by atoms with Crippen molar-refractivity contribution in [2.45, 2.75) is 20.0 Å². The number of aliphatic hydroxyl groups is 1. The lowest BCUT2D eigenvalue weighted by molar-refractivity contribution is 0.175. The van der Waals surface area contributed by atoms with Gasteiger partial charge in [-0.3, -0.25) is 10.00 Å². The van der Waals surface area contributed by atoms with Gasteiger partial charge in [-0.25, -0.2) is 4.79 Å². The van der Waals surface area contributed by atoms with Gasteiger partial charge in [0.05, 0.1) is 11.8 Å². The van der Waals surface area contributed by atoms with Crippen LogP contribution in [-0.4, -0.2) is 27.5 Å². The molecule has 3 N–H and O–H groups in total. The van der Waals surface area contributed by atoms with Crippen LogP contribution in [0.1, 0.15) is 22.9 Å². The van der Waals surface area contributed by atoms with Gasteiger partial charge in [0.1, 0.15) is 5.82 Å². The molecule has 0 bridgehead atoms. The van der Waals surface area contributed by atoms with Crippen LogP contribution >= 0.6 is 0 Å². The number of hydrogen-bond donors (Lipinski definition) is 3. The van der Waals surface area contributed by atoms with Crippen molar-refractivity contribution in [2.75, 3.05) is 11.9 Å². The van der Waals surface area contributed by atoms with Gasteiger partial charge in [-0.2, -0.15) is 5.10 Å². The Morgan fingerprint density at radius 2 is 2.00 bits per heavy atom. The molecule has 6 heteroatoms. The number of aliphatic hydroxyl groups excluding tert-OH is 1. The maximum absolute atomic E-state index is 11.8. The Hall–Kier alpha value is -2.34. The molecule has 112 valence electrons. The van der Waals surface area contributed by atoms with Crippen LogP contribution in [0.4, 0.5) is 10.6 Å². The van der Waals surface area contributed by atoms with E-state index in [1.54, 1.807) is 17.8 Å². The first kappa shape index (κ1) is 15.1. The zero-order valence-electron chi connectivity index (χ0n) is 12.4. The van der Waals surface area contributed by atoms with Gasteiger partial charge in [-0.15, -0.1) is 0 Å². The van der Waals surface area contributed by atoms with Crippen molar-refractivity contribution >= 4 is 11.8 Å². The molecule has 0 saturated heterocycles. The lowest BCUT2D eigenvalue weighted by Crippen LogP contribution is -2.33. The van der Waals surface area contributed by atoms with Crippen molar-refractivity contribution in [3.63, 3.8) is 0 Å². The molecule has 0 aliphatic carbocycles. The first-order valence-electron chi connectivity index (χ1n) is 6.76. The van der Waals surface area contributed by atoms with E-state index in [0.29, 0.717) is 5.82 Å². The summed E-state index contributed by atoms with van der Waals surface area (Å²) in [6.45, 7) is 3.98. The van der Waals surface area contributed by atoms with Gasteiger partial charge in [-0.1, -0.05) is 29.8 Å². The first-order chi connectivity index (χ1) is 9.95. The van der Waals surface area contributed by atoms with E-state index in [1.807, 2.05) is 38.1 Å². The summed E-state index contributed by atoms with van der Waals surface area (Å²) < 4.78 is 1.59. The Kier molecular flexibility index (Phi) is 4.59. The van der Waals surface area contributed by atoms with E-state index < -0.39 is 6.10 Å². The number of aryl methyl sites for hydroxylation is 3. The average molecular weight is 288 g/mol. The lowest BCUT2D eigenvalue weighted by Gasteiger charge is -2.13. The van der Waals surface area contributed by atoms with Crippen LogP contribution in [0.2, 0.25) is 0 Å². The number of anilines is 1. The predicted molar refractivity (Wildman–Crippen MR) is 81.1 cm³/mol. The largest absolute Gasteiger partial charge is 0.387 e. The Labute approximate surface area is 123 Å². The quantitative estimate of drug-likeness (QED) is 0.804. The van der Waals surface area contributed by atoms with Crippen LogP contribution in [-0.2, 0) is 7.05 Å². The molecular formula is C15H20N4O2. The summed E-state index contributed by atoms with van der Waals surface area (Å²) in [6, 6.07) is 8.96. The van der Waals surface area contributed by atoms with Crippen molar-refractivity contribution in [1.29, 1.82) is 0 Å².